The number of carbonyl (C=O) groups excluding carboxylic acids is 3. The van der Waals surface area contributed by atoms with Crippen LogP contribution in [0.5, 0.6) is 5.75 Å². The minimum Gasteiger partial charge on any atom is -0.494 e. The van der Waals surface area contributed by atoms with Crippen molar-refractivity contribution in [2.45, 2.75) is 32.2 Å². The number of para-hydroxylation sites is 2. The fourth-order valence-electron chi connectivity index (χ4n) is 4.99. The Hall–Kier alpha value is -4.33. The molecule has 2 aliphatic rings. The van der Waals surface area contributed by atoms with Crippen LogP contribution in [0.4, 0.5) is 21.9 Å². The highest BCUT2D eigenvalue weighted by Gasteiger charge is 2.34. The number of hydrogen-bond donors (Lipinski definition) is 2. The number of aryl methyl sites for hydroxylation is 1. The molecule has 1 aliphatic heterocycles. The summed E-state index contributed by atoms with van der Waals surface area (Å²) in [4.78, 5) is 42.2. The number of anilines is 3. The molecule has 0 bridgehead atoms. The minimum atomic E-state index is -0.423. The first-order chi connectivity index (χ1) is 18.0. The van der Waals surface area contributed by atoms with Crippen LogP contribution in [0.2, 0.25) is 0 Å². The molecule has 0 radical (unpaired) electrons. The van der Waals surface area contributed by atoms with Gasteiger partial charge in [-0.05, 0) is 73.7 Å². The van der Waals surface area contributed by atoms with Gasteiger partial charge >= 0.3 is 6.03 Å². The summed E-state index contributed by atoms with van der Waals surface area (Å²) >= 11 is 0. The number of benzene rings is 3. The lowest BCUT2D eigenvalue weighted by molar-refractivity contribution is -0.124. The van der Waals surface area contributed by atoms with Crippen LogP contribution < -0.4 is 25.2 Å². The van der Waals surface area contributed by atoms with Gasteiger partial charge in [0.25, 0.3) is 0 Å². The third kappa shape index (κ3) is 5.28. The zero-order chi connectivity index (χ0) is 25.8. The maximum atomic E-state index is 13.2. The van der Waals surface area contributed by atoms with Crippen LogP contribution in [-0.2, 0) is 16.0 Å². The van der Waals surface area contributed by atoms with Crippen molar-refractivity contribution in [3.63, 3.8) is 0 Å². The summed E-state index contributed by atoms with van der Waals surface area (Å²) in [5.74, 6) is 0.168. The number of amides is 4. The molecule has 4 amide bonds. The third-order valence-corrected chi connectivity index (χ3v) is 6.73. The Morgan fingerprint density at radius 3 is 2.49 bits per heavy atom. The average molecular weight is 499 g/mol. The Bertz CT molecular complexity index is 1310. The molecule has 0 unspecified atom stereocenters. The van der Waals surface area contributed by atoms with E-state index in [1.807, 2.05) is 25.1 Å². The zero-order valence-corrected chi connectivity index (χ0v) is 20.8. The Labute approximate surface area is 216 Å². The fourth-order valence-corrected chi connectivity index (χ4v) is 4.99. The molecule has 0 saturated carbocycles. The second-order valence-corrected chi connectivity index (χ2v) is 9.15. The van der Waals surface area contributed by atoms with E-state index in [2.05, 4.69) is 22.8 Å². The lowest BCUT2D eigenvalue weighted by Gasteiger charge is -2.36. The Kier molecular flexibility index (Phi) is 7.07. The maximum Gasteiger partial charge on any atom is 0.326 e. The molecule has 8 nitrogen and oxygen atoms in total. The van der Waals surface area contributed by atoms with E-state index in [1.54, 1.807) is 42.5 Å². The second-order valence-electron chi connectivity index (χ2n) is 9.15. The molecule has 1 aliphatic carbocycles. The van der Waals surface area contributed by atoms with E-state index >= 15 is 0 Å². The number of urea groups is 1. The van der Waals surface area contributed by atoms with Crippen LogP contribution in [0, 0.1) is 0 Å². The van der Waals surface area contributed by atoms with Crippen LogP contribution in [0.1, 0.15) is 36.9 Å². The predicted molar refractivity (Wildman–Crippen MR) is 143 cm³/mol. The predicted octanol–water partition coefficient (Wildman–Crippen LogP) is 4.66. The molecule has 1 heterocycles. The van der Waals surface area contributed by atoms with E-state index in [1.165, 1.54) is 15.4 Å². The molecule has 5 rings (SSSR count). The summed E-state index contributed by atoms with van der Waals surface area (Å²) in [6.45, 7) is 2.19. The van der Waals surface area contributed by atoms with E-state index < -0.39 is 6.03 Å². The first-order valence-electron chi connectivity index (χ1n) is 12.6. The molecule has 0 saturated heterocycles. The van der Waals surface area contributed by atoms with Gasteiger partial charge in [-0.1, -0.05) is 36.4 Å². The third-order valence-electron chi connectivity index (χ3n) is 6.73. The summed E-state index contributed by atoms with van der Waals surface area (Å²) in [5, 5.41) is 5.96. The van der Waals surface area contributed by atoms with Crippen molar-refractivity contribution in [2.75, 3.05) is 34.8 Å². The van der Waals surface area contributed by atoms with Crippen molar-refractivity contribution in [3.8, 4) is 5.75 Å². The quantitative estimate of drug-likeness (QED) is 0.517. The standard InChI is InChI=1S/C29H30N4O4/c1-2-37-22-16-14-21(15-17-22)30-29(36)33-19-28(35)32(25-12-5-6-13-26(25)33)18-27(34)31-24-11-7-9-20-8-3-4-10-23(20)24/h3-6,8,10,12-17,24H,2,7,9,11,18-19H2,1H3,(H,30,36)(H,31,34)/t24-/m1/s1. The summed E-state index contributed by atoms with van der Waals surface area (Å²) in [6, 6.07) is 21.9. The van der Waals surface area contributed by atoms with Gasteiger partial charge in [0.2, 0.25) is 11.8 Å². The lowest BCUT2D eigenvalue weighted by atomic mass is 9.88. The first-order valence-corrected chi connectivity index (χ1v) is 12.6. The number of rotatable bonds is 6. The number of fused-ring (bicyclic) bond motifs is 2. The highest BCUT2D eigenvalue weighted by Crippen LogP contribution is 2.34. The molecule has 1 atom stereocenters. The van der Waals surface area contributed by atoms with Gasteiger partial charge in [0.15, 0.2) is 0 Å². The Balaban J connectivity index is 1.29. The highest BCUT2D eigenvalue weighted by molar-refractivity contribution is 6.15. The Morgan fingerprint density at radius 1 is 0.973 bits per heavy atom. The molecular formula is C29H30N4O4. The number of carbonyl (C=O) groups is 3. The molecule has 0 spiro atoms. The molecule has 0 fully saturated rings. The molecule has 37 heavy (non-hydrogen) atoms. The van der Waals surface area contributed by atoms with E-state index in [-0.39, 0.29) is 30.9 Å². The van der Waals surface area contributed by atoms with Crippen molar-refractivity contribution in [1.29, 1.82) is 0 Å². The minimum absolute atomic E-state index is 0.0658. The molecular weight excluding hydrogens is 468 g/mol. The fraction of sp³-hybridized carbons (Fsp3) is 0.276. The topological polar surface area (TPSA) is 91.0 Å². The average Bonchev–Trinajstić information content (AvgIpc) is 2.91. The van der Waals surface area contributed by atoms with Crippen molar-refractivity contribution in [2.24, 2.45) is 0 Å². The number of hydrogen-bond acceptors (Lipinski definition) is 4. The summed E-state index contributed by atoms with van der Waals surface area (Å²) in [7, 11) is 0. The van der Waals surface area contributed by atoms with Gasteiger partial charge in [-0.2, -0.15) is 0 Å². The summed E-state index contributed by atoms with van der Waals surface area (Å²) in [5.41, 5.74) is 4.09. The second kappa shape index (κ2) is 10.7. The van der Waals surface area contributed by atoms with Gasteiger partial charge in [-0.15, -0.1) is 0 Å². The van der Waals surface area contributed by atoms with Crippen LogP contribution in [0.25, 0.3) is 0 Å². The van der Waals surface area contributed by atoms with Gasteiger partial charge in [-0.3, -0.25) is 19.4 Å². The first kappa shape index (κ1) is 24.4. The van der Waals surface area contributed by atoms with Crippen LogP contribution in [0.15, 0.2) is 72.8 Å². The van der Waals surface area contributed by atoms with Gasteiger partial charge in [0.05, 0.1) is 24.0 Å². The molecule has 3 aromatic rings. The molecule has 0 aromatic heterocycles. The molecule has 3 aromatic carbocycles. The normalized spacial score (nSPS) is 16.5. The van der Waals surface area contributed by atoms with E-state index in [4.69, 9.17) is 4.74 Å². The van der Waals surface area contributed by atoms with Crippen LogP contribution in [-0.4, -0.2) is 37.5 Å². The maximum absolute atomic E-state index is 13.2. The number of nitrogens with one attached hydrogen (secondary N) is 2. The monoisotopic (exact) mass is 498 g/mol. The van der Waals surface area contributed by atoms with E-state index in [9.17, 15) is 14.4 Å². The number of nitrogens with zero attached hydrogens (tertiary/aromatic N) is 2. The largest absolute Gasteiger partial charge is 0.494 e. The van der Waals surface area contributed by atoms with Crippen molar-refractivity contribution < 1.29 is 19.1 Å². The molecule has 2 N–H and O–H groups in total. The zero-order valence-electron chi connectivity index (χ0n) is 20.8. The number of ether oxygens (including phenoxy) is 1. The van der Waals surface area contributed by atoms with Crippen LogP contribution >= 0.6 is 0 Å². The molecule has 8 heteroatoms. The van der Waals surface area contributed by atoms with E-state index in [0.29, 0.717) is 29.4 Å². The smallest absolute Gasteiger partial charge is 0.326 e. The van der Waals surface area contributed by atoms with E-state index in [0.717, 1.165) is 24.8 Å². The van der Waals surface area contributed by atoms with Crippen molar-refractivity contribution in [3.05, 3.63) is 83.9 Å². The SMILES string of the molecule is CCOc1ccc(NC(=O)N2CC(=O)N(CC(=O)N[C@@H]3CCCc4ccccc43)c3ccccc32)cc1. The summed E-state index contributed by atoms with van der Waals surface area (Å²) < 4.78 is 5.45. The van der Waals surface area contributed by atoms with Crippen LogP contribution in [0.3, 0.4) is 0 Å². The lowest BCUT2D eigenvalue weighted by Crippen LogP contribution is -2.52. The van der Waals surface area contributed by atoms with Crippen molar-refractivity contribution in [1.82, 2.24) is 5.32 Å². The van der Waals surface area contributed by atoms with Crippen molar-refractivity contribution >= 4 is 34.9 Å². The van der Waals surface area contributed by atoms with Gasteiger partial charge in [0.1, 0.15) is 18.8 Å². The van der Waals surface area contributed by atoms with Gasteiger partial charge in [0, 0.05) is 5.69 Å². The van der Waals surface area contributed by atoms with Gasteiger partial charge < -0.3 is 15.4 Å². The Morgan fingerprint density at radius 2 is 1.70 bits per heavy atom. The molecule has 190 valence electrons. The van der Waals surface area contributed by atoms with Gasteiger partial charge in [-0.25, -0.2) is 4.79 Å². The summed E-state index contributed by atoms with van der Waals surface area (Å²) in [6.07, 6.45) is 2.88. The highest BCUT2D eigenvalue weighted by atomic mass is 16.5.